The SMILES string of the molecule is N#Cc1ccc(Oc2c(Br)cc([N+](=O)[O-])cc2Br)c(Cl)c1. The van der Waals surface area contributed by atoms with E-state index >= 15 is 0 Å². The summed E-state index contributed by atoms with van der Waals surface area (Å²) in [5.41, 5.74) is 0.334. The van der Waals surface area contributed by atoms with E-state index in [2.05, 4.69) is 31.9 Å². The smallest absolute Gasteiger partial charge is 0.271 e. The van der Waals surface area contributed by atoms with Crippen molar-refractivity contribution in [2.75, 3.05) is 0 Å². The summed E-state index contributed by atoms with van der Waals surface area (Å²) in [5, 5.41) is 19.8. The van der Waals surface area contributed by atoms with E-state index in [4.69, 9.17) is 21.6 Å². The Bertz CT molecular complexity index is 751. The summed E-state index contributed by atoms with van der Waals surface area (Å²) in [6.07, 6.45) is 0. The van der Waals surface area contributed by atoms with Crippen LogP contribution in [0.4, 0.5) is 5.69 Å². The molecule has 0 saturated heterocycles. The van der Waals surface area contributed by atoms with Gasteiger partial charge in [0.1, 0.15) is 5.75 Å². The topological polar surface area (TPSA) is 76.2 Å². The monoisotopic (exact) mass is 430 g/mol. The van der Waals surface area contributed by atoms with Crippen molar-refractivity contribution in [1.29, 1.82) is 5.26 Å². The quantitative estimate of drug-likeness (QED) is 0.478. The van der Waals surface area contributed by atoms with Gasteiger partial charge >= 0.3 is 0 Å². The molecule has 2 aromatic carbocycles. The number of ether oxygens (including phenoxy) is 1. The lowest BCUT2D eigenvalue weighted by molar-refractivity contribution is -0.385. The van der Waals surface area contributed by atoms with E-state index in [1.807, 2.05) is 6.07 Å². The number of nitro groups is 1. The number of non-ortho nitro benzene ring substituents is 1. The van der Waals surface area contributed by atoms with Crippen LogP contribution in [-0.4, -0.2) is 4.92 Å². The third-order valence-corrected chi connectivity index (χ3v) is 3.94. The predicted octanol–water partition coefficient (Wildman–Crippen LogP) is 5.44. The van der Waals surface area contributed by atoms with Crippen LogP contribution in [0.1, 0.15) is 5.56 Å². The molecular formula is C13H5Br2ClN2O3. The number of nitrogens with zero attached hydrogens (tertiary/aromatic N) is 2. The number of hydrogen-bond donors (Lipinski definition) is 0. The number of nitriles is 1. The summed E-state index contributed by atoms with van der Waals surface area (Å²) < 4.78 is 6.46. The number of rotatable bonds is 3. The minimum absolute atomic E-state index is 0.0768. The molecule has 2 aromatic rings. The molecule has 0 aliphatic carbocycles. The number of halogens is 3. The van der Waals surface area contributed by atoms with Crippen LogP contribution in [0.5, 0.6) is 11.5 Å². The highest BCUT2D eigenvalue weighted by Gasteiger charge is 2.16. The van der Waals surface area contributed by atoms with Crippen molar-refractivity contribution in [2.45, 2.75) is 0 Å². The van der Waals surface area contributed by atoms with E-state index in [0.29, 0.717) is 26.0 Å². The molecule has 0 N–H and O–H groups in total. The Hall–Kier alpha value is -1.62. The summed E-state index contributed by atoms with van der Waals surface area (Å²) in [6, 6.07) is 9.23. The van der Waals surface area contributed by atoms with Gasteiger partial charge in [0.15, 0.2) is 5.75 Å². The maximum atomic E-state index is 10.8. The van der Waals surface area contributed by atoms with Gasteiger partial charge < -0.3 is 4.74 Å². The molecule has 0 aliphatic rings. The van der Waals surface area contributed by atoms with E-state index in [1.165, 1.54) is 18.2 Å². The summed E-state index contributed by atoms with van der Waals surface area (Å²) >= 11 is 12.5. The zero-order valence-electron chi connectivity index (χ0n) is 10.1. The maximum absolute atomic E-state index is 10.8. The molecule has 0 heterocycles. The second-order valence-electron chi connectivity index (χ2n) is 3.85. The minimum Gasteiger partial charge on any atom is -0.453 e. The molecule has 2 rings (SSSR count). The highest BCUT2D eigenvalue weighted by molar-refractivity contribution is 9.11. The van der Waals surface area contributed by atoms with Crippen LogP contribution in [-0.2, 0) is 0 Å². The van der Waals surface area contributed by atoms with Crippen molar-refractivity contribution >= 4 is 49.1 Å². The van der Waals surface area contributed by atoms with Gasteiger partial charge in [-0.05, 0) is 50.1 Å². The van der Waals surface area contributed by atoms with Gasteiger partial charge in [-0.2, -0.15) is 5.26 Å². The molecule has 0 amide bonds. The molecule has 106 valence electrons. The minimum atomic E-state index is -0.506. The van der Waals surface area contributed by atoms with Crippen LogP contribution in [0.2, 0.25) is 5.02 Å². The first-order valence-electron chi connectivity index (χ1n) is 5.43. The van der Waals surface area contributed by atoms with Gasteiger partial charge in [-0.25, -0.2) is 0 Å². The van der Waals surface area contributed by atoms with Crippen LogP contribution in [0.25, 0.3) is 0 Å². The first-order chi connectivity index (χ1) is 9.92. The normalized spacial score (nSPS) is 10.0. The lowest BCUT2D eigenvalue weighted by atomic mass is 10.2. The molecule has 8 heteroatoms. The predicted molar refractivity (Wildman–Crippen MR) is 84.7 cm³/mol. The fourth-order valence-electron chi connectivity index (χ4n) is 1.51. The lowest BCUT2D eigenvalue weighted by Crippen LogP contribution is -1.92. The summed E-state index contributed by atoms with van der Waals surface area (Å²) in [4.78, 5) is 10.3. The number of hydrogen-bond acceptors (Lipinski definition) is 4. The summed E-state index contributed by atoms with van der Waals surface area (Å²) in [6.45, 7) is 0. The largest absolute Gasteiger partial charge is 0.453 e. The van der Waals surface area contributed by atoms with E-state index in [-0.39, 0.29) is 10.7 Å². The lowest BCUT2D eigenvalue weighted by Gasteiger charge is -2.11. The molecule has 0 atom stereocenters. The van der Waals surface area contributed by atoms with E-state index in [0.717, 1.165) is 0 Å². The van der Waals surface area contributed by atoms with Crippen LogP contribution in [0.3, 0.4) is 0 Å². The van der Waals surface area contributed by atoms with Gasteiger partial charge in [-0.3, -0.25) is 10.1 Å². The van der Waals surface area contributed by atoms with Gasteiger partial charge in [0.05, 0.1) is 30.5 Å². The van der Waals surface area contributed by atoms with Crippen molar-refractivity contribution in [1.82, 2.24) is 0 Å². The van der Waals surface area contributed by atoms with Crippen LogP contribution >= 0.6 is 43.5 Å². The zero-order chi connectivity index (χ0) is 15.6. The average Bonchev–Trinajstić information content (AvgIpc) is 2.43. The van der Waals surface area contributed by atoms with Crippen LogP contribution < -0.4 is 4.74 Å². The van der Waals surface area contributed by atoms with Gasteiger partial charge in [0.25, 0.3) is 5.69 Å². The fraction of sp³-hybridized carbons (Fsp3) is 0. The molecule has 0 spiro atoms. The summed E-state index contributed by atoms with van der Waals surface area (Å²) in [7, 11) is 0. The van der Waals surface area contributed by atoms with E-state index in [1.54, 1.807) is 12.1 Å². The molecule has 0 bridgehead atoms. The van der Waals surface area contributed by atoms with Crippen molar-refractivity contribution < 1.29 is 9.66 Å². The fourth-order valence-corrected chi connectivity index (χ4v) is 3.06. The summed E-state index contributed by atoms with van der Waals surface area (Å²) in [5.74, 6) is 0.693. The first kappa shape index (κ1) is 15.8. The standard InChI is InChI=1S/C13H5Br2ClN2O3/c14-9-4-8(18(19)20)5-10(15)13(9)21-12-2-1-7(6-17)3-11(12)16/h1-5H. The molecule has 21 heavy (non-hydrogen) atoms. The second-order valence-corrected chi connectivity index (χ2v) is 5.97. The third kappa shape index (κ3) is 3.53. The van der Waals surface area contributed by atoms with E-state index < -0.39 is 4.92 Å². The second kappa shape index (κ2) is 6.43. The highest BCUT2D eigenvalue weighted by Crippen LogP contribution is 2.41. The van der Waals surface area contributed by atoms with E-state index in [9.17, 15) is 10.1 Å². The Kier molecular flexibility index (Phi) is 4.83. The molecule has 0 fully saturated rings. The molecule has 0 aromatic heterocycles. The Morgan fingerprint density at radius 3 is 2.33 bits per heavy atom. The number of nitro benzene ring substituents is 1. The first-order valence-corrected chi connectivity index (χ1v) is 7.39. The van der Waals surface area contributed by atoms with Crippen molar-refractivity contribution in [3.63, 3.8) is 0 Å². The van der Waals surface area contributed by atoms with Gasteiger partial charge in [0.2, 0.25) is 0 Å². The van der Waals surface area contributed by atoms with Crippen molar-refractivity contribution in [3.05, 3.63) is 60.0 Å². The molecule has 5 nitrogen and oxygen atoms in total. The molecule has 0 radical (unpaired) electrons. The zero-order valence-corrected chi connectivity index (χ0v) is 14.1. The van der Waals surface area contributed by atoms with Gasteiger partial charge in [-0.15, -0.1) is 0 Å². The maximum Gasteiger partial charge on any atom is 0.271 e. The molecule has 0 unspecified atom stereocenters. The Morgan fingerprint density at radius 2 is 1.86 bits per heavy atom. The van der Waals surface area contributed by atoms with Gasteiger partial charge in [0, 0.05) is 12.1 Å². The Morgan fingerprint density at radius 1 is 1.24 bits per heavy atom. The van der Waals surface area contributed by atoms with Crippen LogP contribution in [0, 0.1) is 21.4 Å². The highest BCUT2D eigenvalue weighted by atomic mass is 79.9. The number of benzene rings is 2. The molecule has 0 aliphatic heterocycles. The third-order valence-electron chi connectivity index (χ3n) is 2.47. The molecular weight excluding hydrogens is 427 g/mol. The Labute approximate surface area is 141 Å². The van der Waals surface area contributed by atoms with Crippen molar-refractivity contribution in [2.24, 2.45) is 0 Å². The Balaban J connectivity index is 2.41. The van der Waals surface area contributed by atoms with Crippen LogP contribution in [0.15, 0.2) is 39.3 Å². The average molecular weight is 432 g/mol. The van der Waals surface area contributed by atoms with Gasteiger partial charge in [-0.1, -0.05) is 11.6 Å². The van der Waals surface area contributed by atoms with Crippen molar-refractivity contribution in [3.8, 4) is 17.6 Å². The molecule has 0 saturated carbocycles.